The fourth-order valence-corrected chi connectivity index (χ4v) is 3.70. The number of amides is 1. The Morgan fingerprint density at radius 3 is 2.87 bits per heavy atom. The minimum absolute atomic E-state index is 0.125. The number of halogens is 1. The average Bonchev–Trinajstić information content (AvgIpc) is 3.40. The third-order valence-corrected chi connectivity index (χ3v) is 5.31. The van der Waals surface area contributed by atoms with E-state index in [1.807, 2.05) is 4.90 Å². The van der Waals surface area contributed by atoms with Crippen molar-refractivity contribution in [3.8, 4) is 5.88 Å². The first-order valence-corrected chi connectivity index (χ1v) is 9.70. The minimum atomic E-state index is -0.547. The first kappa shape index (κ1) is 19.8. The van der Waals surface area contributed by atoms with Crippen LogP contribution in [-0.4, -0.2) is 50.1 Å². The van der Waals surface area contributed by atoms with Crippen molar-refractivity contribution in [3.63, 3.8) is 0 Å². The predicted molar refractivity (Wildman–Crippen MR) is 105 cm³/mol. The number of carbonyl (C=O) groups excluding carboxylic acids is 1. The molecular formula is C19H21FN6O4. The maximum absolute atomic E-state index is 14.8. The molecule has 11 heteroatoms. The molecule has 0 spiro atoms. The third-order valence-electron chi connectivity index (χ3n) is 5.31. The molecule has 1 amide bonds. The summed E-state index contributed by atoms with van der Waals surface area (Å²) < 4.78 is 30.2. The molecule has 1 atom stereocenters. The maximum Gasteiger partial charge on any atom is 0.414 e. The second-order valence-electron chi connectivity index (χ2n) is 7.24. The van der Waals surface area contributed by atoms with Gasteiger partial charge in [0.2, 0.25) is 0 Å². The number of piperidine rings is 1. The zero-order valence-electron chi connectivity index (χ0n) is 16.2. The van der Waals surface area contributed by atoms with Gasteiger partial charge in [0.15, 0.2) is 6.10 Å². The van der Waals surface area contributed by atoms with Gasteiger partial charge >= 0.3 is 6.09 Å². The molecule has 2 aromatic rings. The number of anilines is 2. The van der Waals surface area contributed by atoms with Crippen LogP contribution >= 0.6 is 0 Å². The second-order valence-corrected chi connectivity index (χ2v) is 7.24. The number of carbonyl (C=O) groups is 1. The van der Waals surface area contributed by atoms with E-state index >= 15 is 0 Å². The van der Waals surface area contributed by atoms with Gasteiger partial charge in [-0.05, 0) is 47.6 Å². The summed E-state index contributed by atoms with van der Waals surface area (Å²) in [6, 6.07) is 6.31. The average molecular weight is 416 g/mol. The van der Waals surface area contributed by atoms with Crippen LogP contribution in [0.4, 0.5) is 20.6 Å². The van der Waals surface area contributed by atoms with Crippen molar-refractivity contribution in [2.24, 2.45) is 11.0 Å². The van der Waals surface area contributed by atoms with Gasteiger partial charge in [0.05, 0.1) is 17.9 Å². The molecule has 1 aromatic heterocycles. The normalized spacial score (nSPS) is 19.5. The van der Waals surface area contributed by atoms with E-state index in [2.05, 4.69) is 19.7 Å². The van der Waals surface area contributed by atoms with Gasteiger partial charge in [0.25, 0.3) is 5.88 Å². The Morgan fingerprint density at radius 1 is 1.33 bits per heavy atom. The summed E-state index contributed by atoms with van der Waals surface area (Å²) in [6.07, 6.45) is 2.02. The monoisotopic (exact) mass is 416 g/mol. The molecule has 0 bridgehead atoms. The lowest BCUT2D eigenvalue weighted by Crippen LogP contribution is -2.35. The van der Waals surface area contributed by atoms with Crippen LogP contribution in [0, 0.1) is 11.7 Å². The van der Waals surface area contributed by atoms with Crippen molar-refractivity contribution in [1.29, 1.82) is 0 Å². The minimum Gasteiger partial charge on any atom is -0.471 e. The quantitative estimate of drug-likeness (QED) is 0.385. The SMILES string of the molecule is [N-]=[N+]=NCC1CCN(c2ccc(N3CC(COc4ccon4)OC3=O)cc2F)CC1. The molecule has 0 N–H and O–H groups in total. The van der Waals surface area contributed by atoms with Crippen LogP contribution in [0.1, 0.15) is 12.8 Å². The van der Waals surface area contributed by atoms with Gasteiger partial charge in [-0.2, -0.15) is 0 Å². The van der Waals surface area contributed by atoms with Crippen molar-refractivity contribution in [1.82, 2.24) is 5.16 Å². The molecule has 2 aliphatic heterocycles. The Hall–Kier alpha value is -3.46. The fraction of sp³-hybridized carbons (Fsp3) is 0.474. The molecule has 4 rings (SSSR count). The van der Waals surface area contributed by atoms with E-state index in [4.69, 9.17) is 15.0 Å². The molecule has 10 nitrogen and oxygen atoms in total. The summed E-state index contributed by atoms with van der Waals surface area (Å²) in [7, 11) is 0. The van der Waals surface area contributed by atoms with Crippen LogP contribution in [-0.2, 0) is 4.74 Å². The first-order valence-electron chi connectivity index (χ1n) is 9.70. The van der Waals surface area contributed by atoms with Crippen molar-refractivity contribution < 1.29 is 23.2 Å². The van der Waals surface area contributed by atoms with Gasteiger partial charge in [-0.1, -0.05) is 5.11 Å². The molecule has 158 valence electrons. The number of ether oxygens (including phenoxy) is 2. The van der Waals surface area contributed by atoms with E-state index in [0.717, 1.165) is 12.8 Å². The highest BCUT2D eigenvalue weighted by molar-refractivity contribution is 5.90. The van der Waals surface area contributed by atoms with Crippen molar-refractivity contribution in [2.75, 3.05) is 42.6 Å². The van der Waals surface area contributed by atoms with Crippen molar-refractivity contribution in [2.45, 2.75) is 18.9 Å². The van der Waals surface area contributed by atoms with Crippen LogP contribution in [0.3, 0.4) is 0 Å². The lowest BCUT2D eigenvalue weighted by molar-refractivity contribution is 0.102. The summed E-state index contributed by atoms with van der Waals surface area (Å²) in [5.74, 6) is 0.245. The number of rotatable bonds is 7. The lowest BCUT2D eigenvalue weighted by Gasteiger charge is -2.33. The van der Waals surface area contributed by atoms with E-state index < -0.39 is 18.0 Å². The molecule has 2 aliphatic rings. The highest BCUT2D eigenvalue weighted by atomic mass is 19.1. The smallest absolute Gasteiger partial charge is 0.414 e. The number of hydrogen-bond acceptors (Lipinski definition) is 7. The van der Waals surface area contributed by atoms with Crippen LogP contribution in [0.2, 0.25) is 0 Å². The van der Waals surface area contributed by atoms with Gasteiger partial charge in [-0.15, -0.1) is 0 Å². The molecule has 1 aromatic carbocycles. The van der Waals surface area contributed by atoms with Gasteiger partial charge in [-0.25, -0.2) is 9.18 Å². The van der Waals surface area contributed by atoms with E-state index in [-0.39, 0.29) is 13.2 Å². The number of hydrogen-bond donors (Lipinski definition) is 0. The molecule has 2 saturated heterocycles. The van der Waals surface area contributed by atoms with Crippen molar-refractivity contribution in [3.05, 3.63) is 46.8 Å². The summed E-state index contributed by atoms with van der Waals surface area (Å²) in [4.78, 5) is 18.4. The Kier molecular flexibility index (Phi) is 5.89. The molecule has 0 saturated carbocycles. The largest absolute Gasteiger partial charge is 0.471 e. The van der Waals surface area contributed by atoms with Gasteiger partial charge in [0.1, 0.15) is 18.7 Å². The number of nitrogens with zero attached hydrogens (tertiary/aromatic N) is 6. The standard InChI is InChI=1S/C19H21FN6O4/c20-16-9-14(1-2-17(16)25-6-3-13(4-7-25)10-22-24-21)26-11-15(30-19(26)27)12-28-18-5-8-29-23-18/h1-2,5,8-9,13,15H,3-4,6-7,10-12H2. The Balaban J connectivity index is 1.36. The number of cyclic esters (lactones) is 1. The van der Waals surface area contributed by atoms with Crippen LogP contribution in [0.5, 0.6) is 5.88 Å². The van der Waals surface area contributed by atoms with E-state index in [0.29, 0.717) is 42.8 Å². The number of azide groups is 1. The molecule has 0 radical (unpaired) electrons. The zero-order valence-corrected chi connectivity index (χ0v) is 16.2. The second kappa shape index (κ2) is 8.91. The molecule has 2 fully saturated rings. The van der Waals surface area contributed by atoms with Gasteiger partial charge in [-0.3, -0.25) is 4.90 Å². The lowest BCUT2D eigenvalue weighted by atomic mass is 9.96. The van der Waals surface area contributed by atoms with Gasteiger partial charge in [0, 0.05) is 30.6 Å². The summed E-state index contributed by atoms with van der Waals surface area (Å²) in [6.45, 7) is 2.23. The Labute approximate surface area is 171 Å². The highest BCUT2D eigenvalue weighted by Gasteiger charge is 2.33. The van der Waals surface area contributed by atoms with Crippen LogP contribution < -0.4 is 14.5 Å². The Morgan fingerprint density at radius 2 is 2.17 bits per heavy atom. The first-order chi connectivity index (χ1) is 14.6. The van der Waals surface area contributed by atoms with Crippen LogP contribution in [0.15, 0.2) is 40.2 Å². The third kappa shape index (κ3) is 4.41. The molecular weight excluding hydrogens is 395 g/mol. The van der Waals surface area contributed by atoms with Crippen LogP contribution in [0.25, 0.3) is 10.4 Å². The topological polar surface area (TPSA) is 117 Å². The summed E-state index contributed by atoms with van der Waals surface area (Å²) in [5, 5.41) is 7.26. The van der Waals surface area contributed by atoms with E-state index in [1.54, 1.807) is 18.2 Å². The molecule has 30 heavy (non-hydrogen) atoms. The molecule has 3 heterocycles. The van der Waals surface area contributed by atoms with E-state index in [1.165, 1.54) is 17.2 Å². The predicted octanol–water partition coefficient (Wildman–Crippen LogP) is 3.74. The summed E-state index contributed by atoms with van der Waals surface area (Å²) in [5.41, 5.74) is 9.37. The molecule has 1 unspecified atom stereocenters. The molecule has 0 aliphatic carbocycles. The van der Waals surface area contributed by atoms with Crippen molar-refractivity contribution >= 4 is 17.5 Å². The van der Waals surface area contributed by atoms with E-state index in [9.17, 15) is 9.18 Å². The Bertz CT molecular complexity index is 925. The summed E-state index contributed by atoms with van der Waals surface area (Å²) >= 11 is 0. The number of aromatic nitrogens is 1. The van der Waals surface area contributed by atoms with Gasteiger partial charge < -0.3 is 18.9 Å². The highest BCUT2D eigenvalue weighted by Crippen LogP contribution is 2.30. The fourth-order valence-electron chi connectivity index (χ4n) is 3.70. The number of benzene rings is 1. The zero-order chi connectivity index (χ0) is 20.9. The maximum atomic E-state index is 14.8.